The number of hydrogen-bond acceptors (Lipinski definition) is 6. The molecule has 0 amide bonds. The summed E-state index contributed by atoms with van der Waals surface area (Å²) in [7, 11) is 0. The molecule has 0 saturated carbocycles. The van der Waals surface area contributed by atoms with Gasteiger partial charge in [-0.1, -0.05) is 12.8 Å². The first-order valence-corrected chi connectivity index (χ1v) is 5.32. The van der Waals surface area contributed by atoms with Crippen LogP contribution in [-0.4, -0.2) is 9.97 Å². The summed E-state index contributed by atoms with van der Waals surface area (Å²) in [6, 6.07) is 0. The molecule has 0 bridgehead atoms. The van der Waals surface area contributed by atoms with Gasteiger partial charge in [0, 0.05) is 23.2 Å². The molecule has 0 aliphatic heterocycles. The topological polar surface area (TPSA) is 29.0 Å². The lowest BCUT2D eigenvalue weighted by Crippen LogP contribution is -1.99. The third kappa shape index (κ3) is 1.45. The molecule has 2 aromatic rings. The van der Waals surface area contributed by atoms with Crippen LogP contribution in [0.4, 0.5) is 10.3 Å². The van der Waals surface area contributed by atoms with Gasteiger partial charge in [-0.25, -0.2) is 14.3 Å². The summed E-state index contributed by atoms with van der Waals surface area (Å²) in [6.45, 7) is 0. The Labute approximate surface area is 83.3 Å². The first-order chi connectivity index (χ1) is 5.88. The van der Waals surface area contributed by atoms with E-state index >= 15 is 0 Å². The van der Waals surface area contributed by atoms with Crippen LogP contribution >= 0.6 is 35.5 Å². The standard InChI is InChI=1S/C6H5N3S3/c10-9(5-7-1-3-11-5)6-8-2-4-12-6/h1-4,10H. The number of aromatic nitrogens is 2. The summed E-state index contributed by atoms with van der Waals surface area (Å²) in [4.78, 5) is 8.21. The van der Waals surface area contributed by atoms with Crippen molar-refractivity contribution in [3.63, 3.8) is 0 Å². The fourth-order valence-electron chi connectivity index (χ4n) is 0.723. The number of hydrogen-bond donors (Lipinski definition) is 1. The molecule has 0 aliphatic carbocycles. The molecule has 3 nitrogen and oxygen atoms in total. The molecule has 2 rings (SSSR count). The van der Waals surface area contributed by atoms with E-state index in [0.29, 0.717) is 0 Å². The Morgan fingerprint density at radius 3 is 1.92 bits per heavy atom. The Balaban J connectivity index is 2.27. The van der Waals surface area contributed by atoms with Gasteiger partial charge in [-0.2, -0.15) is 0 Å². The minimum Gasteiger partial charge on any atom is -0.237 e. The fourth-order valence-corrected chi connectivity index (χ4v) is 2.27. The molecule has 0 spiro atoms. The van der Waals surface area contributed by atoms with Gasteiger partial charge in [0.05, 0.1) is 0 Å². The molecular weight excluding hydrogens is 210 g/mol. The molecule has 0 unspecified atom stereocenters. The molecule has 2 heterocycles. The maximum atomic E-state index is 4.27. The molecule has 0 atom stereocenters. The van der Waals surface area contributed by atoms with Crippen molar-refractivity contribution in [2.45, 2.75) is 0 Å². The van der Waals surface area contributed by atoms with Crippen LogP contribution in [-0.2, 0) is 0 Å². The molecule has 6 heteroatoms. The average Bonchev–Trinajstić information content (AvgIpc) is 2.77. The van der Waals surface area contributed by atoms with Gasteiger partial charge < -0.3 is 0 Å². The van der Waals surface area contributed by atoms with Crippen molar-refractivity contribution in [2.24, 2.45) is 0 Å². The summed E-state index contributed by atoms with van der Waals surface area (Å²) in [5.41, 5.74) is 0. The van der Waals surface area contributed by atoms with E-state index in [0.717, 1.165) is 10.3 Å². The fraction of sp³-hybridized carbons (Fsp3) is 0. The predicted molar refractivity (Wildman–Crippen MR) is 55.4 cm³/mol. The maximum absolute atomic E-state index is 4.27. The molecule has 12 heavy (non-hydrogen) atoms. The van der Waals surface area contributed by atoms with E-state index in [2.05, 4.69) is 22.8 Å². The van der Waals surface area contributed by atoms with E-state index in [-0.39, 0.29) is 0 Å². The Bertz CT molecular complexity index is 295. The highest BCUT2D eigenvalue weighted by Gasteiger charge is 2.08. The number of thiol groups is 1. The molecule has 0 fully saturated rings. The SMILES string of the molecule is SN(c1nccs1)c1nccs1. The van der Waals surface area contributed by atoms with Crippen LogP contribution in [0.5, 0.6) is 0 Å². The number of anilines is 2. The van der Waals surface area contributed by atoms with E-state index < -0.39 is 0 Å². The molecule has 0 aliphatic rings. The van der Waals surface area contributed by atoms with Crippen LogP contribution in [0, 0.1) is 0 Å². The minimum absolute atomic E-state index is 0.841. The average molecular weight is 215 g/mol. The Kier molecular flexibility index (Phi) is 2.29. The smallest absolute Gasteiger partial charge is 0.201 e. The molecule has 0 radical (unpaired) electrons. The van der Waals surface area contributed by atoms with Crippen LogP contribution in [0.3, 0.4) is 0 Å². The number of rotatable bonds is 2. The van der Waals surface area contributed by atoms with Crippen LogP contribution in [0.2, 0.25) is 0 Å². The molecule has 0 saturated heterocycles. The quantitative estimate of drug-likeness (QED) is 0.781. The first-order valence-electron chi connectivity index (χ1n) is 3.16. The zero-order chi connectivity index (χ0) is 8.39. The van der Waals surface area contributed by atoms with E-state index in [1.54, 1.807) is 16.7 Å². The second-order valence-corrected chi connectivity index (χ2v) is 4.09. The summed E-state index contributed by atoms with van der Waals surface area (Å²) >= 11 is 7.34. The third-order valence-electron chi connectivity index (χ3n) is 1.20. The van der Waals surface area contributed by atoms with Gasteiger partial charge in [-0.3, -0.25) is 0 Å². The van der Waals surface area contributed by atoms with Crippen molar-refractivity contribution < 1.29 is 0 Å². The van der Waals surface area contributed by atoms with Crippen molar-refractivity contribution >= 4 is 45.8 Å². The lowest BCUT2D eigenvalue weighted by Gasteiger charge is -2.08. The van der Waals surface area contributed by atoms with Gasteiger partial charge in [-0.05, 0) is 0 Å². The second kappa shape index (κ2) is 3.42. The maximum Gasteiger partial charge on any atom is 0.201 e. The molecule has 2 aromatic heterocycles. The zero-order valence-electron chi connectivity index (χ0n) is 5.91. The van der Waals surface area contributed by atoms with Crippen LogP contribution in [0.15, 0.2) is 23.2 Å². The zero-order valence-corrected chi connectivity index (χ0v) is 8.44. The van der Waals surface area contributed by atoms with E-state index in [1.165, 1.54) is 22.7 Å². The van der Waals surface area contributed by atoms with Gasteiger partial charge in [0.2, 0.25) is 10.3 Å². The minimum atomic E-state index is 0.841. The Morgan fingerprint density at radius 1 is 1.08 bits per heavy atom. The van der Waals surface area contributed by atoms with Crippen molar-refractivity contribution in [3.8, 4) is 0 Å². The summed E-state index contributed by atoms with van der Waals surface area (Å²) < 4.78 is 1.68. The molecule has 0 N–H and O–H groups in total. The first kappa shape index (κ1) is 8.03. The third-order valence-corrected chi connectivity index (χ3v) is 3.36. The lowest BCUT2D eigenvalue weighted by molar-refractivity contribution is 1.29. The monoisotopic (exact) mass is 215 g/mol. The van der Waals surface area contributed by atoms with Crippen LogP contribution in [0.25, 0.3) is 0 Å². The number of thiazole rings is 2. The normalized spacial score (nSPS) is 10.1. The van der Waals surface area contributed by atoms with Gasteiger partial charge in [0.1, 0.15) is 0 Å². The highest BCUT2D eigenvalue weighted by Crippen LogP contribution is 2.29. The largest absolute Gasteiger partial charge is 0.237 e. The van der Waals surface area contributed by atoms with Crippen molar-refractivity contribution in [2.75, 3.05) is 4.31 Å². The van der Waals surface area contributed by atoms with Gasteiger partial charge >= 0.3 is 0 Å². The highest BCUT2D eigenvalue weighted by molar-refractivity contribution is 7.82. The van der Waals surface area contributed by atoms with Crippen molar-refractivity contribution in [3.05, 3.63) is 23.2 Å². The highest BCUT2D eigenvalue weighted by atomic mass is 32.1. The predicted octanol–water partition coefficient (Wildman–Crippen LogP) is 2.58. The number of nitrogens with zero attached hydrogens (tertiary/aromatic N) is 3. The van der Waals surface area contributed by atoms with Gasteiger partial charge in [0.15, 0.2) is 0 Å². The van der Waals surface area contributed by atoms with Crippen LogP contribution < -0.4 is 4.31 Å². The van der Waals surface area contributed by atoms with Crippen molar-refractivity contribution in [1.29, 1.82) is 0 Å². The van der Waals surface area contributed by atoms with Gasteiger partial charge in [0.25, 0.3) is 0 Å². The van der Waals surface area contributed by atoms with E-state index in [4.69, 9.17) is 0 Å². The van der Waals surface area contributed by atoms with Gasteiger partial charge in [-0.15, -0.1) is 22.7 Å². The van der Waals surface area contributed by atoms with E-state index in [1.807, 2.05) is 10.8 Å². The molecule has 0 aromatic carbocycles. The van der Waals surface area contributed by atoms with Crippen LogP contribution in [0.1, 0.15) is 0 Å². The van der Waals surface area contributed by atoms with E-state index in [9.17, 15) is 0 Å². The lowest BCUT2D eigenvalue weighted by atomic mass is 10.9. The summed E-state index contributed by atoms with van der Waals surface area (Å²) in [5, 5.41) is 5.50. The second-order valence-electron chi connectivity index (χ2n) is 1.94. The van der Waals surface area contributed by atoms with Crippen molar-refractivity contribution in [1.82, 2.24) is 9.97 Å². The Hall–Kier alpha value is -0.590. The summed E-state index contributed by atoms with van der Waals surface area (Å²) in [5.74, 6) is 0. The molecular formula is C6H5N3S3. The Morgan fingerprint density at radius 2 is 1.58 bits per heavy atom. The summed E-state index contributed by atoms with van der Waals surface area (Å²) in [6.07, 6.45) is 3.49. The molecule has 62 valence electrons.